The molecule has 2 amide bonds. The molecule has 0 bridgehead atoms. The van der Waals surface area contributed by atoms with Gasteiger partial charge < -0.3 is 10.2 Å². The van der Waals surface area contributed by atoms with E-state index < -0.39 is 0 Å². The maximum absolute atomic E-state index is 12.5. The molecular formula is C18H15N3O2S. The Kier molecular flexibility index (Phi) is 3.54. The quantitative estimate of drug-likeness (QED) is 0.779. The first kappa shape index (κ1) is 14.8. The summed E-state index contributed by atoms with van der Waals surface area (Å²) in [6.45, 7) is 2.25. The average molecular weight is 337 g/mol. The maximum Gasteiger partial charge on any atom is 0.284 e. The summed E-state index contributed by atoms with van der Waals surface area (Å²) in [6.07, 6.45) is 0.848. The number of rotatable bonds is 2. The van der Waals surface area contributed by atoms with Gasteiger partial charge in [0, 0.05) is 24.8 Å². The summed E-state index contributed by atoms with van der Waals surface area (Å²) in [5, 5.41) is 3.31. The lowest BCUT2D eigenvalue weighted by Gasteiger charge is -2.15. The van der Waals surface area contributed by atoms with Gasteiger partial charge in [0.15, 0.2) is 5.01 Å². The molecule has 5 nitrogen and oxygen atoms in total. The van der Waals surface area contributed by atoms with E-state index in [0.717, 1.165) is 27.9 Å². The SMILES string of the molecule is CC(=O)N1CCc2ccc(NC(=O)c3nc4ccccc4s3)cc21. The smallest absolute Gasteiger partial charge is 0.284 e. The number of para-hydroxylation sites is 1. The molecule has 0 unspecified atom stereocenters. The lowest BCUT2D eigenvalue weighted by Crippen LogP contribution is -2.25. The lowest BCUT2D eigenvalue weighted by atomic mass is 10.1. The molecule has 24 heavy (non-hydrogen) atoms. The summed E-state index contributed by atoms with van der Waals surface area (Å²) in [4.78, 5) is 30.3. The number of carbonyl (C=O) groups is 2. The first-order valence-electron chi connectivity index (χ1n) is 7.70. The second kappa shape index (κ2) is 5.72. The second-order valence-corrected chi connectivity index (χ2v) is 6.74. The van der Waals surface area contributed by atoms with Crippen molar-refractivity contribution in [3.05, 3.63) is 53.0 Å². The van der Waals surface area contributed by atoms with E-state index in [1.807, 2.05) is 42.5 Å². The molecule has 1 N–H and O–H groups in total. The molecule has 4 rings (SSSR count). The average Bonchev–Trinajstić information content (AvgIpc) is 3.18. The Morgan fingerprint density at radius 1 is 1.21 bits per heavy atom. The Bertz CT molecular complexity index is 931. The van der Waals surface area contributed by atoms with Gasteiger partial charge in [-0.25, -0.2) is 4.98 Å². The van der Waals surface area contributed by atoms with E-state index in [0.29, 0.717) is 17.2 Å². The van der Waals surface area contributed by atoms with Crippen molar-refractivity contribution in [2.75, 3.05) is 16.8 Å². The molecule has 3 aromatic rings. The fourth-order valence-electron chi connectivity index (χ4n) is 2.94. The highest BCUT2D eigenvalue weighted by Gasteiger charge is 2.22. The highest BCUT2D eigenvalue weighted by molar-refractivity contribution is 7.20. The first-order chi connectivity index (χ1) is 11.6. The molecule has 6 heteroatoms. The molecular weight excluding hydrogens is 322 g/mol. The Balaban J connectivity index is 1.60. The number of benzene rings is 2. The molecule has 120 valence electrons. The third kappa shape index (κ3) is 2.55. The second-order valence-electron chi connectivity index (χ2n) is 5.71. The Morgan fingerprint density at radius 3 is 2.83 bits per heavy atom. The van der Waals surface area contributed by atoms with Crippen LogP contribution in [-0.4, -0.2) is 23.3 Å². The zero-order chi connectivity index (χ0) is 16.7. The van der Waals surface area contributed by atoms with Crippen molar-refractivity contribution in [3.8, 4) is 0 Å². The van der Waals surface area contributed by atoms with E-state index in [4.69, 9.17) is 0 Å². The van der Waals surface area contributed by atoms with E-state index in [9.17, 15) is 9.59 Å². The predicted molar refractivity (Wildman–Crippen MR) is 95.7 cm³/mol. The van der Waals surface area contributed by atoms with Crippen molar-refractivity contribution in [2.24, 2.45) is 0 Å². The first-order valence-corrected chi connectivity index (χ1v) is 8.51. The minimum atomic E-state index is -0.233. The number of hydrogen-bond donors (Lipinski definition) is 1. The summed E-state index contributed by atoms with van der Waals surface area (Å²) < 4.78 is 0.986. The van der Waals surface area contributed by atoms with Crippen LogP contribution in [0.4, 0.5) is 11.4 Å². The van der Waals surface area contributed by atoms with Crippen LogP contribution in [0.15, 0.2) is 42.5 Å². The van der Waals surface area contributed by atoms with Crippen LogP contribution in [0.25, 0.3) is 10.2 Å². The van der Waals surface area contributed by atoms with Gasteiger partial charge in [0.05, 0.1) is 10.2 Å². The van der Waals surface area contributed by atoms with E-state index >= 15 is 0 Å². The van der Waals surface area contributed by atoms with Gasteiger partial charge in [0.25, 0.3) is 5.91 Å². The number of aromatic nitrogens is 1. The van der Waals surface area contributed by atoms with Gasteiger partial charge in [-0.1, -0.05) is 18.2 Å². The molecule has 2 heterocycles. The Hall–Kier alpha value is -2.73. The zero-order valence-electron chi connectivity index (χ0n) is 13.1. The van der Waals surface area contributed by atoms with Crippen molar-refractivity contribution >= 4 is 44.7 Å². The van der Waals surface area contributed by atoms with Gasteiger partial charge in [-0.2, -0.15) is 0 Å². The molecule has 0 radical (unpaired) electrons. The molecule has 0 saturated carbocycles. The van der Waals surface area contributed by atoms with Gasteiger partial charge in [0.2, 0.25) is 5.91 Å². The zero-order valence-corrected chi connectivity index (χ0v) is 13.9. The predicted octanol–water partition coefficient (Wildman–Crippen LogP) is 3.46. The lowest BCUT2D eigenvalue weighted by molar-refractivity contribution is -0.116. The number of hydrogen-bond acceptors (Lipinski definition) is 4. The largest absolute Gasteiger partial charge is 0.320 e. The van der Waals surface area contributed by atoms with Gasteiger partial charge in [-0.05, 0) is 36.2 Å². The van der Waals surface area contributed by atoms with Crippen molar-refractivity contribution in [3.63, 3.8) is 0 Å². The summed E-state index contributed by atoms with van der Waals surface area (Å²) in [7, 11) is 0. The van der Waals surface area contributed by atoms with Crippen molar-refractivity contribution in [1.29, 1.82) is 0 Å². The molecule has 0 aliphatic carbocycles. The third-order valence-corrected chi connectivity index (χ3v) is 5.14. The summed E-state index contributed by atoms with van der Waals surface area (Å²) in [5.74, 6) is -0.216. The molecule has 1 aliphatic rings. The van der Waals surface area contributed by atoms with Crippen molar-refractivity contribution in [2.45, 2.75) is 13.3 Å². The van der Waals surface area contributed by atoms with Gasteiger partial charge in [0.1, 0.15) is 0 Å². The standard InChI is InChI=1S/C18H15N3O2S/c1-11(22)21-9-8-12-6-7-13(10-15(12)21)19-17(23)18-20-14-4-2-3-5-16(14)24-18/h2-7,10H,8-9H2,1H3,(H,19,23). The maximum atomic E-state index is 12.5. The van der Waals surface area contributed by atoms with Crippen LogP contribution >= 0.6 is 11.3 Å². The number of nitrogens with one attached hydrogen (secondary N) is 1. The van der Waals surface area contributed by atoms with E-state index in [2.05, 4.69) is 10.3 Å². The normalized spacial score (nSPS) is 13.1. The van der Waals surface area contributed by atoms with Gasteiger partial charge in [-0.15, -0.1) is 11.3 Å². The number of carbonyl (C=O) groups excluding carboxylic acids is 2. The molecule has 0 fully saturated rings. The topological polar surface area (TPSA) is 62.3 Å². The third-order valence-electron chi connectivity index (χ3n) is 4.11. The number of anilines is 2. The Labute approximate surface area is 142 Å². The Morgan fingerprint density at radius 2 is 2.04 bits per heavy atom. The molecule has 1 aromatic heterocycles. The molecule has 2 aromatic carbocycles. The van der Waals surface area contributed by atoms with Crippen LogP contribution in [0.1, 0.15) is 22.3 Å². The monoisotopic (exact) mass is 337 g/mol. The number of nitrogens with zero attached hydrogens (tertiary/aromatic N) is 2. The molecule has 0 atom stereocenters. The molecule has 0 saturated heterocycles. The van der Waals surface area contributed by atoms with Crippen molar-refractivity contribution < 1.29 is 9.59 Å². The van der Waals surface area contributed by atoms with E-state index in [-0.39, 0.29) is 11.8 Å². The highest BCUT2D eigenvalue weighted by atomic mass is 32.1. The number of amides is 2. The van der Waals surface area contributed by atoms with Crippen LogP contribution < -0.4 is 10.2 Å². The van der Waals surface area contributed by atoms with Crippen LogP contribution in [0, 0.1) is 0 Å². The minimum absolute atomic E-state index is 0.0170. The van der Waals surface area contributed by atoms with Gasteiger partial charge >= 0.3 is 0 Å². The van der Waals surface area contributed by atoms with Crippen molar-refractivity contribution in [1.82, 2.24) is 4.98 Å². The summed E-state index contributed by atoms with van der Waals surface area (Å²) in [5.41, 5.74) is 3.50. The molecule has 1 aliphatic heterocycles. The van der Waals surface area contributed by atoms with E-state index in [1.54, 1.807) is 11.8 Å². The van der Waals surface area contributed by atoms with Gasteiger partial charge in [-0.3, -0.25) is 9.59 Å². The fourth-order valence-corrected chi connectivity index (χ4v) is 3.80. The van der Waals surface area contributed by atoms with E-state index in [1.165, 1.54) is 11.3 Å². The van der Waals surface area contributed by atoms with Crippen LogP contribution in [0.5, 0.6) is 0 Å². The summed E-state index contributed by atoms with van der Waals surface area (Å²) >= 11 is 1.37. The fraction of sp³-hybridized carbons (Fsp3) is 0.167. The molecule has 0 spiro atoms. The summed E-state index contributed by atoms with van der Waals surface area (Å²) in [6, 6.07) is 13.4. The van der Waals surface area contributed by atoms with Crippen LogP contribution in [-0.2, 0) is 11.2 Å². The highest BCUT2D eigenvalue weighted by Crippen LogP contribution is 2.31. The van der Waals surface area contributed by atoms with Crippen LogP contribution in [0.3, 0.4) is 0 Å². The van der Waals surface area contributed by atoms with Crippen LogP contribution in [0.2, 0.25) is 0 Å². The number of fused-ring (bicyclic) bond motifs is 2. The number of thiazole rings is 1. The minimum Gasteiger partial charge on any atom is -0.320 e.